The van der Waals surface area contributed by atoms with Crippen molar-refractivity contribution in [3.63, 3.8) is 0 Å². The van der Waals surface area contributed by atoms with Gasteiger partial charge in [0.05, 0.1) is 0 Å². The lowest BCUT2D eigenvalue weighted by molar-refractivity contribution is -0.139. The molecule has 5 nitrogen and oxygen atoms in total. The fraction of sp³-hybridized carbons (Fsp3) is 0.933. The van der Waals surface area contributed by atoms with Gasteiger partial charge >= 0.3 is 5.97 Å². The van der Waals surface area contributed by atoms with Crippen LogP contribution in [0.2, 0.25) is 0 Å². The predicted octanol–water partition coefficient (Wildman–Crippen LogP) is 0.998. The molecule has 1 heterocycles. The van der Waals surface area contributed by atoms with Gasteiger partial charge in [-0.15, -0.1) is 0 Å². The van der Waals surface area contributed by atoms with Gasteiger partial charge < -0.3 is 15.3 Å². The molecule has 2 atom stereocenters. The van der Waals surface area contributed by atoms with E-state index in [1.165, 1.54) is 19.4 Å². The number of carbonyl (C=O) groups is 1. The van der Waals surface area contributed by atoms with E-state index >= 15 is 0 Å². The SMILES string of the molecule is CCN1CCCC1CN(C)CCC(NC1CC1)C(=O)O. The average Bonchev–Trinajstić information content (AvgIpc) is 3.12. The minimum absolute atomic E-state index is 0.379. The number of hydrogen-bond acceptors (Lipinski definition) is 4. The Kier molecular flexibility index (Phi) is 5.81. The number of likely N-dealkylation sites (tertiary alicyclic amines) is 1. The Morgan fingerprint density at radius 2 is 2.20 bits per heavy atom. The maximum Gasteiger partial charge on any atom is 0.320 e. The summed E-state index contributed by atoms with van der Waals surface area (Å²) in [6.07, 6.45) is 5.54. The van der Waals surface area contributed by atoms with E-state index in [2.05, 4.69) is 29.1 Å². The first-order chi connectivity index (χ1) is 9.60. The molecule has 0 bridgehead atoms. The molecule has 116 valence electrons. The largest absolute Gasteiger partial charge is 0.480 e. The fourth-order valence-corrected chi connectivity index (χ4v) is 3.13. The van der Waals surface area contributed by atoms with Crippen LogP contribution in [-0.2, 0) is 4.79 Å². The molecule has 1 aliphatic carbocycles. The van der Waals surface area contributed by atoms with E-state index in [0.29, 0.717) is 18.5 Å². The minimum atomic E-state index is -0.707. The lowest BCUT2D eigenvalue weighted by atomic mass is 10.1. The second kappa shape index (κ2) is 7.38. The molecule has 2 rings (SSSR count). The fourth-order valence-electron chi connectivity index (χ4n) is 3.13. The van der Waals surface area contributed by atoms with Gasteiger partial charge in [-0.1, -0.05) is 6.92 Å². The smallest absolute Gasteiger partial charge is 0.320 e. The molecular weight excluding hydrogens is 254 g/mol. The molecular formula is C15H29N3O2. The van der Waals surface area contributed by atoms with Gasteiger partial charge in [-0.25, -0.2) is 0 Å². The van der Waals surface area contributed by atoms with Crippen LogP contribution in [0, 0.1) is 0 Å². The highest BCUT2D eigenvalue weighted by Crippen LogP contribution is 2.20. The highest BCUT2D eigenvalue weighted by Gasteiger charge is 2.29. The van der Waals surface area contributed by atoms with Gasteiger partial charge in [0, 0.05) is 18.6 Å². The molecule has 0 spiro atoms. The number of hydrogen-bond donors (Lipinski definition) is 2. The molecule has 1 saturated heterocycles. The van der Waals surface area contributed by atoms with Crippen molar-refractivity contribution in [2.45, 2.75) is 57.2 Å². The molecule has 0 amide bonds. The first-order valence-electron chi connectivity index (χ1n) is 8.01. The average molecular weight is 283 g/mol. The zero-order valence-corrected chi connectivity index (χ0v) is 12.8. The van der Waals surface area contributed by atoms with Crippen molar-refractivity contribution in [2.24, 2.45) is 0 Å². The summed E-state index contributed by atoms with van der Waals surface area (Å²) in [6.45, 7) is 6.47. The van der Waals surface area contributed by atoms with E-state index in [-0.39, 0.29) is 6.04 Å². The van der Waals surface area contributed by atoms with Crippen molar-refractivity contribution in [1.82, 2.24) is 15.1 Å². The molecule has 0 radical (unpaired) electrons. The molecule has 1 saturated carbocycles. The first-order valence-corrected chi connectivity index (χ1v) is 8.01. The number of nitrogens with one attached hydrogen (secondary N) is 1. The topological polar surface area (TPSA) is 55.8 Å². The Bertz CT molecular complexity index is 320. The molecule has 2 unspecified atom stereocenters. The second-order valence-electron chi connectivity index (χ2n) is 6.31. The molecule has 2 aliphatic rings. The summed E-state index contributed by atoms with van der Waals surface area (Å²) >= 11 is 0. The molecule has 1 aliphatic heterocycles. The maximum atomic E-state index is 11.2. The van der Waals surface area contributed by atoms with Crippen LogP contribution >= 0.6 is 0 Å². The highest BCUT2D eigenvalue weighted by atomic mass is 16.4. The Morgan fingerprint density at radius 3 is 2.80 bits per heavy atom. The van der Waals surface area contributed by atoms with Crippen molar-refractivity contribution < 1.29 is 9.90 Å². The number of carboxylic acids is 1. The van der Waals surface area contributed by atoms with E-state index in [4.69, 9.17) is 0 Å². The summed E-state index contributed by atoms with van der Waals surface area (Å²) in [7, 11) is 2.11. The Balaban J connectivity index is 1.69. The molecule has 2 N–H and O–H groups in total. The van der Waals surface area contributed by atoms with Crippen LogP contribution in [0.25, 0.3) is 0 Å². The van der Waals surface area contributed by atoms with Gasteiger partial charge in [0.25, 0.3) is 0 Å². The number of carboxylic acid groups (broad SMARTS) is 1. The van der Waals surface area contributed by atoms with Gasteiger partial charge in [0.2, 0.25) is 0 Å². The number of rotatable bonds is 9. The van der Waals surface area contributed by atoms with Gasteiger partial charge in [-0.05, 0) is 58.8 Å². The van der Waals surface area contributed by atoms with E-state index in [0.717, 1.165) is 32.5 Å². The minimum Gasteiger partial charge on any atom is -0.480 e. The van der Waals surface area contributed by atoms with Crippen LogP contribution in [0.3, 0.4) is 0 Å². The molecule has 0 aromatic heterocycles. The standard InChI is InChI=1S/C15H29N3O2/c1-3-18-9-4-5-13(18)11-17(2)10-8-14(15(19)20)16-12-6-7-12/h12-14,16H,3-11H2,1-2H3,(H,19,20). The monoisotopic (exact) mass is 283 g/mol. The third kappa shape index (κ3) is 4.72. The summed E-state index contributed by atoms with van der Waals surface area (Å²) in [5.74, 6) is -0.707. The lowest BCUT2D eigenvalue weighted by Crippen LogP contribution is -2.43. The molecule has 5 heteroatoms. The molecule has 20 heavy (non-hydrogen) atoms. The van der Waals surface area contributed by atoms with E-state index in [9.17, 15) is 9.90 Å². The van der Waals surface area contributed by atoms with Crippen molar-refractivity contribution in [3.05, 3.63) is 0 Å². The summed E-state index contributed by atoms with van der Waals surface area (Å²) in [4.78, 5) is 16.1. The quantitative estimate of drug-likeness (QED) is 0.661. The molecule has 0 aromatic carbocycles. The molecule has 0 aromatic rings. The van der Waals surface area contributed by atoms with Crippen molar-refractivity contribution in [2.75, 3.05) is 33.2 Å². The van der Waals surface area contributed by atoms with E-state index in [1.54, 1.807) is 0 Å². The third-order valence-corrected chi connectivity index (χ3v) is 4.54. The third-order valence-electron chi connectivity index (χ3n) is 4.54. The van der Waals surface area contributed by atoms with Gasteiger partial charge in [0.1, 0.15) is 6.04 Å². The summed E-state index contributed by atoms with van der Waals surface area (Å²) in [5, 5.41) is 12.5. The van der Waals surface area contributed by atoms with Crippen LogP contribution in [0.15, 0.2) is 0 Å². The van der Waals surface area contributed by atoms with Crippen LogP contribution in [0.4, 0.5) is 0 Å². The second-order valence-corrected chi connectivity index (χ2v) is 6.31. The predicted molar refractivity (Wildman–Crippen MR) is 80.0 cm³/mol. The Hall–Kier alpha value is -0.650. The summed E-state index contributed by atoms with van der Waals surface area (Å²) in [5.41, 5.74) is 0. The van der Waals surface area contributed by atoms with Crippen LogP contribution in [-0.4, -0.2) is 72.2 Å². The summed E-state index contributed by atoms with van der Waals surface area (Å²) < 4.78 is 0. The van der Waals surface area contributed by atoms with E-state index < -0.39 is 5.97 Å². The van der Waals surface area contributed by atoms with Gasteiger partial charge in [-0.3, -0.25) is 9.69 Å². The Labute approximate surface area is 122 Å². The van der Waals surface area contributed by atoms with Crippen molar-refractivity contribution >= 4 is 5.97 Å². The highest BCUT2D eigenvalue weighted by molar-refractivity contribution is 5.73. The van der Waals surface area contributed by atoms with Gasteiger partial charge in [0.15, 0.2) is 0 Å². The van der Waals surface area contributed by atoms with Crippen LogP contribution < -0.4 is 5.32 Å². The van der Waals surface area contributed by atoms with Gasteiger partial charge in [-0.2, -0.15) is 0 Å². The number of nitrogens with zero attached hydrogens (tertiary/aromatic N) is 2. The normalized spacial score (nSPS) is 25.2. The number of likely N-dealkylation sites (N-methyl/N-ethyl adjacent to an activating group) is 2. The Morgan fingerprint density at radius 1 is 1.45 bits per heavy atom. The van der Waals surface area contributed by atoms with Crippen molar-refractivity contribution in [3.8, 4) is 0 Å². The maximum absolute atomic E-state index is 11.2. The van der Waals surface area contributed by atoms with Crippen LogP contribution in [0.5, 0.6) is 0 Å². The zero-order chi connectivity index (χ0) is 14.5. The molecule has 2 fully saturated rings. The number of aliphatic carboxylic acids is 1. The van der Waals surface area contributed by atoms with Crippen molar-refractivity contribution in [1.29, 1.82) is 0 Å². The lowest BCUT2D eigenvalue weighted by Gasteiger charge is -2.28. The van der Waals surface area contributed by atoms with E-state index in [1.807, 2.05) is 0 Å². The van der Waals surface area contributed by atoms with Crippen LogP contribution in [0.1, 0.15) is 39.0 Å². The zero-order valence-electron chi connectivity index (χ0n) is 12.8. The summed E-state index contributed by atoms with van der Waals surface area (Å²) in [6, 6.07) is 0.729. The first kappa shape index (κ1) is 15.7.